The first kappa shape index (κ1) is 16.5. The van der Waals surface area contributed by atoms with Gasteiger partial charge >= 0.3 is 5.97 Å². The van der Waals surface area contributed by atoms with Gasteiger partial charge in [0.05, 0.1) is 20.1 Å². The smallest absolute Gasteiger partial charge is 0.305 e. The number of amides is 2. The Hall–Kier alpha value is -2.57. The van der Waals surface area contributed by atoms with Gasteiger partial charge in [0.15, 0.2) is 0 Å². The van der Waals surface area contributed by atoms with Crippen molar-refractivity contribution >= 4 is 17.8 Å². The number of hydrogen-bond donors (Lipinski definition) is 3. The third-order valence-corrected chi connectivity index (χ3v) is 2.63. The number of benzene rings is 1. The summed E-state index contributed by atoms with van der Waals surface area (Å²) in [7, 11) is 1.49. The number of methoxy groups -OCH3 is 1. The van der Waals surface area contributed by atoms with Crippen molar-refractivity contribution < 1.29 is 24.2 Å². The van der Waals surface area contributed by atoms with Gasteiger partial charge < -0.3 is 20.5 Å². The van der Waals surface area contributed by atoms with E-state index in [2.05, 4.69) is 10.6 Å². The maximum absolute atomic E-state index is 11.8. The van der Waals surface area contributed by atoms with Crippen LogP contribution < -0.4 is 15.4 Å². The molecule has 0 fully saturated rings. The molecule has 114 valence electrons. The van der Waals surface area contributed by atoms with Crippen molar-refractivity contribution in [3.8, 4) is 5.75 Å². The molecule has 0 bridgehead atoms. The van der Waals surface area contributed by atoms with Gasteiger partial charge in [-0.05, 0) is 25.1 Å². The molecule has 0 aliphatic heterocycles. The molecule has 0 aliphatic rings. The highest BCUT2D eigenvalue weighted by Crippen LogP contribution is 2.12. The van der Waals surface area contributed by atoms with Crippen molar-refractivity contribution in [2.24, 2.45) is 0 Å². The van der Waals surface area contributed by atoms with E-state index >= 15 is 0 Å². The fourth-order valence-corrected chi connectivity index (χ4v) is 1.67. The van der Waals surface area contributed by atoms with E-state index in [1.807, 2.05) is 0 Å². The molecule has 0 radical (unpaired) electrons. The van der Waals surface area contributed by atoms with Gasteiger partial charge in [-0.3, -0.25) is 14.4 Å². The lowest BCUT2D eigenvalue weighted by atomic mass is 10.2. The molecule has 0 saturated heterocycles. The average molecular weight is 294 g/mol. The lowest BCUT2D eigenvalue weighted by Gasteiger charge is -2.12. The van der Waals surface area contributed by atoms with Gasteiger partial charge in [-0.1, -0.05) is 6.07 Å². The molecular weight excluding hydrogens is 276 g/mol. The summed E-state index contributed by atoms with van der Waals surface area (Å²) < 4.78 is 5.01. The molecule has 1 aromatic rings. The molecule has 1 atom stereocenters. The van der Waals surface area contributed by atoms with E-state index in [4.69, 9.17) is 9.84 Å². The number of nitrogens with one attached hydrogen (secondary N) is 2. The summed E-state index contributed by atoms with van der Waals surface area (Å²) in [5.41, 5.74) is 0.376. The van der Waals surface area contributed by atoms with Crippen molar-refractivity contribution in [2.75, 3.05) is 13.7 Å². The lowest BCUT2D eigenvalue weighted by molar-refractivity contribution is -0.137. The maximum Gasteiger partial charge on any atom is 0.305 e. The van der Waals surface area contributed by atoms with Crippen molar-refractivity contribution in [3.05, 3.63) is 29.8 Å². The number of carboxylic acids is 1. The summed E-state index contributed by atoms with van der Waals surface area (Å²) in [6, 6.07) is 6.03. The van der Waals surface area contributed by atoms with E-state index in [9.17, 15) is 14.4 Å². The molecule has 1 aromatic carbocycles. The first-order chi connectivity index (χ1) is 9.92. The molecule has 7 heteroatoms. The van der Waals surface area contributed by atoms with Gasteiger partial charge in [-0.2, -0.15) is 0 Å². The molecule has 1 unspecified atom stereocenters. The van der Waals surface area contributed by atoms with Crippen LogP contribution in [0.25, 0.3) is 0 Å². The van der Waals surface area contributed by atoms with Crippen LogP contribution in [0, 0.1) is 0 Å². The molecule has 1 rings (SSSR count). The predicted octanol–water partition coefficient (Wildman–Crippen LogP) is 0.404. The third kappa shape index (κ3) is 5.94. The van der Waals surface area contributed by atoms with Crippen LogP contribution >= 0.6 is 0 Å². The Morgan fingerprint density at radius 3 is 2.67 bits per heavy atom. The fraction of sp³-hybridized carbons (Fsp3) is 0.357. The number of hydrogen-bond acceptors (Lipinski definition) is 4. The highest BCUT2D eigenvalue weighted by atomic mass is 16.5. The van der Waals surface area contributed by atoms with Crippen LogP contribution in [0.5, 0.6) is 5.75 Å². The summed E-state index contributed by atoms with van der Waals surface area (Å²) in [5.74, 6) is -1.31. The minimum absolute atomic E-state index is 0.171. The Morgan fingerprint density at radius 1 is 1.33 bits per heavy atom. The van der Waals surface area contributed by atoms with Gasteiger partial charge in [0.1, 0.15) is 5.75 Å². The van der Waals surface area contributed by atoms with Crippen molar-refractivity contribution in [3.63, 3.8) is 0 Å². The first-order valence-electron chi connectivity index (χ1n) is 6.35. The van der Waals surface area contributed by atoms with Crippen LogP contribution in [-0.4, -0.2) is 42.6 Å². The van der Waals surface area contributed by atoms with E-state index in [-0.39, 0.29) is 13.0 Å². The molecule has 7 nitrogen and oxygen atoms in total. The minimum Gasteiger partial charge on any atom is -0.497 e. The molecular formula is C14H18N2O5. The Kier molecular flexibility index (Phi) is 6.19. The zero-order valence-electron chi connectivity index (χ0n) is 11.9. The monoisotopic (exact) mass is 294 g/mol. The molecule has 0 aromatic heterocycles. The number of aliphatic carboxylic acids is 1. The molecule has 3 N–H and O–H groups in total. The summed E-state index contributed by atoms with van der Waals surface area (Å²) >= 11 is 0. The van der Waals surface area contributed by atoms with E-state index in [1.54, 1.807) is 31.2 Å². The van der Waals surface area contributed by atoms with Gasteiger partial charge in [-0.25, -0.2) is 0 Å². The highest BCUT2D eigenvalue weighted by Gasteiger charge is 2.12. The molecule has 21 heavy (non-hydrogen) atoms. The van der Waals surface area contributed by atoms with Gasteiger partial charge in [-0.15, -0.1) is 0 Å². The predicted molar refractivity (Wildman–Crippen MR) is 75.2 cm³/mol. The topological polar surface area (TPSA) is 105 Å². The van der Waals surface area contributed by atoms with E-state index in [1.165, 1.54) is 7.11 Å². The zero-order chi connectivity index (χ0) is 15.8. The van der Waals surface area contributed by atoms with E-state index in [0.717, 1.165) is 0 Å². The van der Waals surface area contributed by atoms with Crippen LogP contribution in [0.3, 0.4) is 0 Å². The fourth-order valence-electron chi connectivity index (χ4n) is 1.67. The van der Waals surface area contributed by atoms with Crippen LogP contribution in [0.1, 0.15) is 23.7 Å². The Balaban J connectivity index is 2.45. The van der Waals surface area contributed by atoms with Crippen LogP contribution in [-0.2, 0) is 9.59 Å². The Labute approximate surface area is 122 Å². The summed E-state index contributed by atoms with van der Waals surface area (Å²) in [6.45, 7) is 1.36. The third-order valence-electron chi connectivity index (χ3n) is 2.63. The average Bonchev–Trinajstić information content (AvgIpc) is 2.43. The Bertz CT molecular complexity index is 530. The minimum atomic E-state index is -0.997. The molecule has 0 aliphatic carbocycles. The van der Waals surface area contributed by atoms with Crippen molar-refractivity contribution in [1.29, 1.82) is 0 Å². The normalized spacial score (nSPS) is 11.3. The van der Waals surface area contributed by atoms with Crippen molar-refractivity contribution in [2.45, 2.75) is 19.4 Å². The van der Waals surface area contributed by atoms with E-state index < -0.39 is 23.8 Å². The number of ether oxygens (including phenoxy) is 1. The lowest BCUT2D eigenvalue weighted by Crippen LogP contribution is -2.41. The quantitative estimate of drug-likeness (QED) is 0.675. The second kappa shape index (κ2) is 7.88. The summed E-state index contributed by atoms with van der Waals surface area (Å²) in [5, 5.41) is 13.5. The second-order valence-corrected chi connectivity index (χ2v) is 4.48. The van der Waals surface area contributed by atoms with Crippen LogP contribution in [0.4, 0.5) is 0 Å². The number of carboxylic acid groups (broad SMARTS) is 1. The molecule has 0 heterocycles. The Morgan fingerprint density at radius 2 is 2.05 bits per heavy atom. The second-order valence-electron chi connectivity index (χ2n) is 4.48. The zero-order valence-corrected chi connectivity index (χ0v) is 11.9. The standard InChI is InChI=1S/C14H18N2O5/c1-9(6-13(18)19)16-12(17)8-15-14(20)10-4-3-5-11(7-10)21-2/h3-5,7,9H,6,8H2,1-2H3,(H,15,20)(H,16,17)(H,18,19). The molecule has 0 spiro atoms. The van der Waals surface area contributed by atoms with Gasteiger partial charge in [0.25, 0.3) is 5.91 Å². The van der Waals surface area contributed by atoms with Crippen molar-refractivity contribution in [1.82, 2.24) is 10.6 Å². The summed E-state index contributed by atoms with van der Waals surface area (Å²) in [6.07, 6.45) is -0.171. The maximum atomic E-state index is 11.8. The van der Waals surface area contributed by atoms with Gasteiger partial charge in [0.2, 0.25) is 5.91 Å². The molecule has 0 saturated carbocycles. The van der Waals surface area contributed by atoms with Crippen LogP contribution in [0.2, 0.25) is 0 Å². The number of carbonyl (C=O) groups is 3. The number of carbonyl (C=O) groups excluding carboxylic acids is 2. The van der Waals surface area contributed by atoms with E-state index in [0.29, 0.717) is 11.3 Å². The largest absolute Gasteiger partial charge is 0.497 e. The van der Waals surface area contributed by atoms with Gasteiger partial charge in [0, 0.05) is 11.6 Å². The molecule has 2 amide bonds. The SMILES string of the molecule is COc1cccc(C(=O)NCC(=O)NC(C)CC(=O)O)c1. The first-order valence-corrected chi connectivity index (χ1v) is 6.35. The van der Waals surface area contributed by atoms with Crippen LogP contribution in [0.15, 0.2) is 24.3 Å². The highest BCUT2D eigenvalue weighted by molar-refractivity contribution is 5.96. The number of rotatable bonds is 7. The summed E-state index contributed by atoms with van der Waals surface area (Å²) in [4.78, 5) is 33.9.